The van der Waals surface area contributed by atoms with Crippen molar-refractivity contribution < 1.29 is 9.13 Å². The van der Waals surface area contributed by atoms with E-state index >= 15 is 0 Å². The van der Waals surface area contributed by atoms with Crippen LogP contribution in [0.2, 0.25) is 0 Å². The molecular weight excluding hydrogens is 276 g/mol. The number of hydrogen-bond donors (Lipinski definition) is 0. The molecule has 0 radical (unpaired) electrons. The minimum atomic E-state index is -0.654. The number of hydrogen-bond acceptors (Lipinski definition) is 4. The van der Waals surface area contributed by atoms with Crippen LogP contribution in [0.5, 0.6) is 0 Å². The molecule has 0 unspecified atom stereocenters. The summed E-state index contributed by atoms with van der Waals surface area (Å²) in [6.07, 6.45) is 1.88. The standard InChI is InChI=1S/C14H20N2O3S/c1-11-12(4-3-5-14(11)16(17)18)10-15(2)13-6-8-20(19)9-7-13/h3-5,13H,6-10H2,1-2H3. The largest absolute Gasteiger partial charge is 0.299 e. The van der Waals surface area contributed by atoms with Crippen LogP contribution in [-0.4, -0.2) is 38.6 Å². The van der Waals surface area contributed by atoms with Gasteiger partial charge in [-0.25, -0.2) is 0 Å². The summed E-state index contributed by atoms with van der Waals surface area (Å²) in [5.74, 6) is 1.53. The Hall–Kier alpha value is -1.27. The molecule has 0 saturated carbocycles. The first-order valence-electron chi connectivity index (χ1n) is 6.77. The highest BCUT2D eigenvalue weighted by Gasteiger charge is 2.22. The highest BCUT2D eigenvalue weighted by molar-refractivity contribution is 7.85. The number of rotatable bonds is 4. The molecule has 0 aromatic heterocycles. The smallest absolute Gasteiger partial charge is 0.272 e. The molecule has 0 atom stereocenters. The molecule has 1 saturated heterocycles. The highest BCUT2D eigenvalue weighted by atomic mass is 32.2. The quantitative estimate of drug-likeness (QED) is 0.631. The molecular formula is C14H20N2O3S. The number of nitro benzene ring substituents is 1. The monoisotopic (exact) mass is 296 g/mol. The zero-order chi connectivity index (χ0) is 14.7. The van der Waals surface area contributed by atoms with Gasteiger partial charge >= 0.3 is 0 Å². The normalized spacial score (nSPS) is 22.9. The Morgan fingerprint density at radius 3 is 2.65 bits per heavy atom. The molecule has 0 bridgehead atoms. The van der Waals surface area contributed by atoms with Gasteiger partial charge in [-0.05, 0) is 32.4 Å². The molecule has 110 valence electrons. The number of benzene rings is 1. The molecule has 1 aliphatic heterocycles. The van der Waals surface area contributed by atoms with Gasteiger partial charge in [0.2, 0.25) is 0 Å². The van der Waals surface area contributed by atoms with E-state index in [-0.39, 0.29) is 10.6 Å². The molecule has 5 nitrogen and oxygen atoms in total. The van der Waals surface area contributed by atoms with Gasteiger partial charge in [0, 0.05) is 46.5 Å². The fraction of sp³-hybridized carbons (Fsp3) is 0.571. The van der Waals surface area contributed by atoms with E-state index in [1.54, 1.807) is 19.1 Å². The van der Waals surface area contributed by atoms with E-state index in [0.717, 1.165) is 35.5 Å². The lowest BCUT2D eigenvalue weighted by Crippen LogP contribution is -2.37. The Balaban J connectivity index is 2.08. The molecule has 20 heavy (non-hydrogen) atoms. The van der Waals surface area contributed by atoms with Gasteiger partial charge in [0.25, 0.3) is 5.69 Å². The molecule has 1 aromatic rings. The van der Waals surface area contributed by atoms with Gasteiger partial charge in [0.05, 0.1) is 4.92 Å². The third-order valence-corrected chi connectivity index (χ3v) is 5.40. The van der Waals surface area contributed by atoms with Gasteiger partial charge in [0.1, 0.15) is 0 Å². The van der Waals surface area contributed by atoms with Crippen LogP contribution < -0.4 is 0 Å². The van der Waals surface area contributed by atoms with Crippen LogP contribution in [0.4, 0.5) is 5.69 Å². The lowest BCUT2D eigenvalue weighted by atomic mass is 10.0. The average Bonchev–Trinajstić information content (AvgIpc) is 2.41. The summed E-state index contributed by atoms with van der Waals surface area (Å²) < 4.78 is 11.4. The summed E-state index contributed by atoms with van der Waals surface area (Å²) in [6.45, 7) is 2.50. The molecule has 1 heterocycles. The maximum atomic E-state index is 11.4. The Morgan fingerprint density at radius 2 is 2.05 bits per heavy atom. The van der Waals surface area contributed by atoms with Crippen molar-refractivity contribution in [1.82, 2.24) is 4.90 Å². The summed E-state index contributed by atoms with van der Waals surface area (Å²) in [4.78, 5) is 12.8. The molecule has 0 N–H and O–H groups in total. The van der Waals surface area contributed by atoms with Crippen molar-refractivity contribution in [3.8, 4) is 0 Å². The van der Waals surface area contributed by atoms with E-state index in [9.17, 15) is 14.3 Å². The summed E-state index contributed by atoms with van der Waals surface area (Å²) in [7, 11) is 1.38. The van der Waals surface area contributed by atoms with Crippen LogP contribution in [0, 0.1) is 17.0 Å². The Kier molecular flexibility index (Phi) is 4.88. The fourth-order valence-corrected chi connectivity index (χ4v) is 3.93. The van der Waals surface area contributed by atoms with Crippen molar-refractivity contribution in [2.24, 2.45) is 0 Å². The number of nitrogens with zero attached hydrogens (tertiary/aromatic N) is 2. The summed E-state index contributed by atoms with van der Waals surface area (Å²) in [6, 6.07) is 5.65. The van der Waals surface area contributed by atoms with Crippen molar-refractivity contribution in [2.45, 2.75) is 32.4 Å². The first kappa shape index (κ1) is 15.1. The van der Waals surface area contributed by atoms with Crippen molar-refractivity contribution in [2.75, 3.05) is 18.6 Å². The first-order chi connectivity index (χ1) is 9.49. The van der Waals surface area contributed by atoms with Crippen molar-refractivity contribution in [3.63, 3.8) is 0 Å². The maximum Gasteiger partial charge on any atom is 0.272 e. The highest BCUT2D eigenvalue weighted by Crippen LogP contribution is 2.24. The predicted molar refractivity (Wildman–Crippen MR) is 80.2 cm³/mol. The third kappa shape index (κ3) is 3.43. The Bertz CT molecular complexity index is 523. The van der Waals surface area contributed by atoms with Crippen LogP contribution in [0.1, 0.15) is 24.0 Å². The SMILES string of the molecule is Cc1c(CN(C)C2CCS(=O)CC2)cccc1[N+](=O)[O-]. The molecule has 1 aliphatic rings. The van der Waals surface area contributed by atoms with Gasteiger partial charge in [-0.2, -0.15) is 0 Å². The van der Waals surface area contributed by atoms with Gasteiger partial charge < -0.3 is 0 Å². The molecule has 2 rings (SSSR count). The van der Waals surface area contributed by atoms with E-state index in [1.165, 1.54) is 0 Å². The van der Waals surface area contributed by atoms with Crippen molar-refractivity contribution in [1.29, 1.82) is 0 Å². The van der Waals surface area contributed by atoms with Gasteiger partial charge in [-0.15, -0.1) is 0 Å². The van der Waals surface area contributed by atoms with E-state index < -0.39 is 10.8 Å². The zero-order valence-corrected chi connectivity index (χ0v) is 12.7. The Morgan fingerprint density at radius 1 is 1.40 bits per heavy atom. The molecule has 0 aliphatic carbocycles. The maximum absolute atomic E-state index is 11.4. The lowest BCUT2D eigenvalue weighted by Gasteiger charge is -2.31. The van der Waals surface area contributed by atoms with Gasteiger partial charge in [0.15, 0.2) is 0 Å². The summed E-state index contributed by atoms with van der Waals surface area (Å²) in [5, 5.41) is 11.0. The van der Waals surface area contributed by atoms with Crippen LogP contribution in [-0.2, 0) is 17.3 Å². The molecule has 0 spiro atoms. The molecule has 6 heteroatoms. The molecule has 1 aromatic carbocycles. The van der Waals surface area contributed by atoms with E-state index in [4.69, 9.17) is 0 Å². The summed E-state index contributed by atoms with van der Waals surface area (Å²) in [5.41, 5.74) is 1.91. The van der Waals surface area contributed by atoms with E-state index in [0.29, 0.717) is 12.6 Å². The topological polar surface area (TPSA) is 63.5 Å². The van der Waals surface area contributed by atoms with E-state index in [2.05, 4.69) is 4.90 Å². The second-order valence-electron chi connectivity index (χ2n) is 5.31. The minimum absolute atomic E-state index is 0.181. The second-order valence-corrected chi connectivity index (χ2v) is 7.01. The molecule has 0 amide bonds. The first-order valence-corrected chi connectivity index (χ1v) is 8.26. The van der Waals surface area contributed by atoms with Crippen LogP contribution in [0.3, 0.4) is 0 Å². The lowest BCUT2D eigenvalue weighted by molar-refractivity contribution is -0.385. The Labute approximate surface area is 121 Å². The van der Waals surface area contributed by atoms with Crippen LogP contribution >= 0.6 is 0 Å². The molecule has 1 fully saturated rings. The van der Waals surface area contributed by atoms with E-state index in [1.807, 2.05) is 13.1 Å². The zero-order valence-electron chi connectivity index (χ0n) is 11.9. The summed E-state index contributed by atoms with van der Waals surface area (Å²) >= 11 is 0. The van der Waals surface area contributed by atoms with Crippen molar-refractivity contribution in [3.05, 3.63) is 39.4 Å². The van der Waals surface area contributed by atoms with Crippen molar-refractivity contribution >= 4 is 16.5 Å². The second kappa shape index (κ2) is 6.45. The van der Waals surface area contributed by atoms with Gasteiger partial charge in [-0.1, -0.05) is 12.1 Å². The fourth-order valence-electron chi connectivity index (χ4n) is 2.66. The predicted octanol–water partition coefficient (Wildman–Crippen LogP) is 2.25. The van der Waals surface area contributed by atoms with Gasteiger partial charge in [-0.3, -0.25) is 19.2 Å². The average molecular weight is 296 g/mol. The van der Waals surface area contributed by atoms with Crippen LogP contribution in [0.25, 0.3) is 0 Å². The minimum Gasteiger partial charge on any atom is -0.299 e. The third-order valence-electron chi connectivity index (χ3n) is 4.01. The number of nitro groups is 1. The van der Waals surface area contributed by atoms with Crippen LogP contribution in [0.15, 0.2) is 18.2 Å².